The van der Waals surface area contributed by atoms with Crippen LogP contribution in [0.4, 0.5) is 0 Å². The molecular formula is C14H20N4O2. The zero-order valence-corrected chi connectivity index (χ0v) is 11.4. The van der Waals surface area contributed by atoms with Crippen molar-refractivity contribution < 1.29 is 9.59 Å². The summed E-state index contributed by atoms with van der Waals surface area (Å²) in [5, 5.41) is 2.85. The number of carbonyl (C=O) groups excluding carboxylic acids is 2. The molecule has 0 radical (unpaired) electrons. The van der Waals surface area contributed by atoms with Crippen molar-refractivity contribution in [1.82, 2.24) is 15.6 Å². The summed E-state index contributed by atoms with van der Waals surface area (Å²) in [4.78, 5) is 25.0. The molecule has 108 valence electrons. The average molecular weight is 276 g/mol. The summed E-state index contributed by atoms with van der Waals surface area (Å²) in [5.41, 5.74) is 4.23. The molecule has 0 atom stereocenters. The monoisotopic (exact) mass is 276 g/mol. The summed E-state index contributed by atoms with van der Waals surface area (Å²) < 4.78 is 0. The number of rotatable bonds is 4. The molecule has 1 heterocycles. The molecule has 2 amide bonds. The van der Waals surface area contributed by atoms with Crippen molar-refractivity contribution in [3.05, 3.63) is 35.4 Å². The molecule has 20 heavy (non-hydrogen) atoms. The summed E-state index contributed by atoms with van der Waals surface area (Å²) in [6.07, 6.45) is 0.795. The van der Waals surface area contributed by atoms with Crippen molar-refractivity contribution in [3.63, 3.8) is 0 Å². The van der Waals surface area contributed by atoms with Crippen LogP contribution in [0.5, 0.6) is 0 Å². The van der Waals surface area contributed by atoms with Gasteiger partial charge in [0, 0.05) is 32.6 Å². The molecule has 4 N–H and O–H groups in total. The molecule has 6 heteroatoms. The third-order valence-electron chi connectivity index (χ3n) is 3.43. The van der Waals surface area contributed by atoms with Crippen molar-refractivity contribution in [2.45, 2.75) is 19.4 Å². The molecule has 1 aromatic rings. The van der Waals surface area contributed by atoms with Crippen LogP contribution in [0.15, 0.2) is 24.3 Å². The van der Waals surface area contributed by atoms with Crippen molar-refractivity contribution >= 4 is 11.8 Å². The largest absolute Gasteiger partial charge is 0.355 e. The van der Waals surface area contributed by atoms with Gasteiger partial charge in [0.25, 0.3) is 0 Å². The van der Waals surface area contributed by atoms with Gasteiger partial charge in [-0.25, -0.2) is 5.84 Å². The van der Waals surface area contributed by atoms with Crippen molar-refractivity contribution in [3.8, 4) is 0 Å². The van der Waals surface area contributed by atoms with Gasteiger partial charge in [0.15, 0.2) is 0 Å². The fourth-order valence-corrected chi connectivity index (χ4v) is 2.32. The SMILES string of the molecule is NNC(=O)Cc1ccccc1CN1CCNC(=O)CC1. The first-order chi connectivity index (χ1) is 9.69. The number of nitrogens with one attached hydrogen (secondary N) is 2. The Kier molecular flexibility index (Phi) is 5.09. The van der Waals surface area contributed by atoms with Gasteiger partial charge in [-0.15, -0.1) is 0 Å². The molecule has 1 saturated heterocycles. The first kappa shape index (κ1) is 14.5. The predicted molar refractivity (Wildman–Crippen MR) is 75.4 cm³/mol. The number of benzene rings is 1. The molecule has 1 aliphatic heterocycles. The number of hydrazine groups is 1. The zero-order chi connectivity index (χ0) is 14.4. The Morgan fingerprint density at radius 1 is 1.30 bits per heavy atom. The van der Waals surface area contributed by atoms with E-state index in [1.807, 2.05) is 24.3 Å². The number of carbonyl (C=O) groups is 2. The molecule has 0 saturated carbocycles. The maximum atomic E-state index is 11.4. The van der Waals surface area contributed by atoms with E-state index < -0.39 is 0 Å². The molecule has 0 bridgehead atoms. The van der Waals surface area contributed by atoms with Crippen LogP contribution >= 0.6 is 0 Å². The molecule has 0 aromatic heterocycles. The second kappa shape index (κ2) is 7.02. The third-order valence-corrected chi connectivity index (χ3v) is 3.43. The molecule has 1 fully saturated rings. The van der Waals surface area contributed by atoms with E-state index in [1.165, 1.54) is 0 Å². The summed E-state index contributed by atoms with van der Waals surface area (Å²) in [7, 11) is 0. The Balaban J connectivity index is 2.04. The van der Waals surface area contributed by atoms with Crippen molar-refractivity contribution in [2.75, 3.05) is 19.6 Å². The first-order valence-corrected chi connectivity index (χ1v) is 6.74. The highest BCUT2D eigenvalue weighted by Gasteiger charge is 2.15. The van der Waals surface area contributed by atoms with Crippen LogP contribution < -0.4 is 16.6 Å². The third kappa shape index (κ3) is 4.04. The van der Waals surface area contributed by atoms with Gasteiger partial charge in [-0.2, -0.15) is 0 Å². The Bertz CT molecular complexity index is 490. The Hall–Kier alpha value is -1.92. The molecule has 0 spiro atoms. The van der Waals surface area contributed by atoms with Gasteiger partial charge in [-0.3, -0.25) is 19.9 Å². The Labute approximate surface area is 118 Å². The molecular weight excluding hydrogens is 256 g/mol. The first-order valence-electron chi connectivity index (χ1n) is 6.74. The number of nitrogens with two attached hydrogens (primary N) is 1. The quantitative estimate of drug-likeness (QED) is 0.394. The van der Waals surface area contributed by atoms with Gasteiger partial charge in [0.1, 0.15) is 0 Å². The van der Waals surface area contributed by atoms with Crippen LogP contribution in [0.1, 0.15) is 17.5 Å². The number of hydrogen-bond acceptors (Lipinski definition) is 4. The smallest absolute Gasteiger partial charge is 0.238 e. The summed E-state index contributed by atoms with van der Waals surface area (Å²) >= 11 is 0. The van der Waals surface area contributed by atoms with Gasteiger partial charge in [-0.05, 0) is 11.1 Å². The van der Waals surface area contributed by atoms with Crippen molar-refractivity contribution in [1.29, 1.82) is 0 Å². The topological polar surface area (TPSA) is 87.5 Å². The molecule has 2 rings (SSSR count). The second-order valence-corrected chi connectivity index (χ2v) is 4.89. The minimum Gasteiger partial charge on any atom is -0.355 e. The lowest BCUT2D eigenvalue weighted by Crippen LogP contribution is -2.32. The minimum absolute atomic E-state index is 0.100. The van der Waals surface area contributed by atoms with E-state index in [0.717, 1.165) is 30.8 Å². The van der Waals surface area contributed by atoms with Crippen molar-refractivity contribution in [2.24, 2.45) is 5.84 Å². The molecule has 6 nitrogen and oxygen atoms in total. The number of amides is 2. The molecule has 1 aliphatic rings. The van der Waals surface area contributed by atoms with Gasteiger partial charge in [0.2, 0.25) is 11.8 Å². The van der Waals surface area contributed by atoms with E-state index in [1.54, 1.807) is 0 Å². The van der Waals surface area contributed by atoms with Crippen LogP contribution in [0.3, 0.4) is 0 Å². The number of hydrogen-bond donors (Lipinski definition) is 3. The Morgan fingerprint density at radius 2 is 2.05 bits per heavy atom. The number of nitrogens with zero attached hydrogens (tertiary/aromatic N) is 1. The highest BCUT2D eigenvalue weighted by Crippen LogP contribution is 2.13. The minimum atomic E-state index is -0.204. The normalized spacial score (nSPS) is 16.4. The highest BCUT2D eigenvalue weighted by molar-refractivity contribution is 5.78. The van der Waals surface area contributed by atoms with Crippen LogP contribution in [0.2, 0.25) is 0 Å². The molecule has 0 unspecified atom stereocenters. The summed E-state index contributed by atoms with van der Waals surface area (Å²) in [6.45, 7) is 2.97. The maximum Gasteiger partial charge on any atom is 0.238 e. The molecule has 1 aromatic carbocycles. The maximum absolute atomic E-state index is 11.4. The standard InChI is InChI=1S/C14H20N4O2/c15-17-14(20)9-11-3-1-2-4-12(11)10-18-7-5-13(19)16-6-8-18/h1-4H,5-10,15H2,(H,16,19)(H,17,20). The summed E-state index contributed by atoms with van der Waals surface area (Å²) in [5.74, 6) is 5.03. The van der Waals surface area contributed by atoms with Crippen LogP contribution in [-0.2, 0) is 22.6 Å². The van der Waals surface area contributed by atoms with Crippen LogP contribution in [-0.4, -0.2) is 36.3 Å². The summed E-state index contributed by atoms with van der Waals surface area (Å²) in [6, 6.07) is 7.82. The average Bonchev–Trinajstić information content (AvgIpc) is 2.66. The van der Waals surface area contributed by atoms with E-state index in [4.69, 9.17) is 5.84 Å². The van der Waals surface area contributed by atoms with E-state index in [0.29, 0.717) is 13.0 Å². The fraction of sp³-hybridized carbons (Fsp3) is 0.429. The fourth-order valence-electron chi connectivity index (χ4n) is 2.32. The zero-order valence-electron chi connectivity index (χ0n) is 11.4. The predicted octanol–water partition coefficient (Wildman–Crippen LogP) is -0.459. The lowest BCUT2D eigenvalue weighted by Gasteiger charge is -2.20. The molecule has 0 aliphatic carbocycles. The van der Waals surface area contributed by atoms with E-state index in [9.17, 15) is 9.59 Å². The van der Waals surface area contributed by atoms with E-state index >= 15 is 0 Å². The lowest BCUT2D eigenvalue weighted by molar-refractivity contribution is -0.121. The van der Waals surface area contributed by atoms with E-state index in [-0.39, 0.29) is 18.2 Å². The van der Waals surface area contributed by atoms with E-state index in [2.05, 4.69) is 15.6 Å². The van der Waals surface area contributed by atoms with Gasteiger partial charge in [-0.1, -0.05) is 24.3 Å². The van der Waals surface area contributed by atoms with Crippen LogP contribution in [0, 0.1) is 0 Å². The highest BCUT2D eigenvalue weighted by atomic mass is 16.2. The van der Waals surface area contributed by atoms with Gasteiger partial charge >= 0.3 is 0 Å². The van der Waals surface area contributed by atoms with Crippen LogP contribution in [0.25, 0.3) is 0 Å². The Morgan fingerprint density at radius 3 is 2.80 bits per heavy atom. The second-order valence-electron chi connectivity index (χ2n) is 4.89. The lowest BCUT2D eigenvalue weighted by atomic mass is 10.0. The van der Waals surface area contributed by atoms with Gasteiger partial charge in [0.05, 0.1) is 6.42 Å². The van der Waals surface area contributed by atoms with Gasteiger partial charge < -0.3 is 5.32 Å².